The minimum absolute atomic E-state index is 0.0358. The number of hydrogen-bond acceptors (Lipinski definition) is 5. The third-order valence-electron chi connectivity index (χ3n) is 5.71. The summed E-state index contributed by atoms with van der Waals surface area (Å²) in [5.41, 5.74) is 0.937. The highest BCUT2D eigenvalue weighted by Gasteiger charge is 2.51. The van der Waals surface area contributed by atoms with Gasteiger partial charge in [0, 0.05) is 12.7 Å². The van der Waals surface area contributed by atoms with Gasteiger partial charge in [0.1, 0.15) is 12.1 Å². The number of anilines is 1. The molecule has 29 heavy (non-hydrogen) atoms. The summed E-state index contributed by atoms with van der Waals surface area (Å²) in [6.45, 7) is 13.7. The largest absolute Gasteiger partial charge is 0.494 e. The Morgan fingerprint density at radius 3 is 2.24 bits per heavy atom. The smallest absolute Gasteiger partial charge is 0.444 e. The Bertz CT molecular complexity index is 815. The molecule has 7 nitrogen and oxygen atoms in total. The number of ether oxygens (including phenoxy) is 1. The van der Waals surface area contributed by atoms with Crippen molar-refractivity contribution in [3.8, 4) is 0 Å². The number of fused-ring (bicyclic) bond motifs is 1. The van der Waals surface area contributed by atoms with Gasteiger partial charge in [0.15, 0.2) is 0 Å². The molecule has 1 aromatic carbocycles. The van der Waals surface area contributed by atoms with E-state index in [-0.39, 0.29) is 12.5 Å². The second-order valence-corrected chi connectivity index (χ2v) is 9.77. The standard InChI is InChI=1S/C21H31BN2O5/c1-19(2,3)27-18(26)24-12-14-9-10-15(11-16(14)23(8)17(25)13-24)22-28-20(4,5)21(6,7)29-22/h9-11H,12-13H2,1-8H3. The summed E-state index contributed by atoms with van der Waals surface area (Å²) in [6, 6.07) is 5.76. The Morgan fingerprint density at radius 2 is 1.69 bits per heavy atom. The van der Waals surface area contributed by atoms with Gasteiger partial charge in [-0.2, -0.15) is 0 Å². The van der Waals surface area contributed by atoms with Gasteiger partial charge in [-0.15, -0.1) is 0 Å². The highest BCUT2D eigenvalue weighted by atomic mass is 16.7. The Morgan fingerprint density at radius 1 is 1.10 bits per heavy atom. The number of hydrogen-bond donors (Lipinski definition) is 0. The third kappa shape index (κ3) is 4.28. The monoisotopic (exact) mass is 402 g/mol. The van der Waals surface area contributed by atoms with Crippen molar-refractivity contribution in [2.24, 2.45) is 0 Å². The van der Waals surface area contributed by atoms with Crippen LogP contribution in [0.1, 0.15) is 54.0 Å². The van der Waals surface area contributed by atoms with Crippen molar-refractivity contribution < 1.29 is 23.6 Å². The van der Waals surface area contributed by atoms with Gasteiger partial charge in [-0.05, 0) is 65.6 Å². The van der Waals surface area contributed by atoms with Gasteiger partial charge in [0.05, 0.1) is 17.7 Å². The third-order valence-corrected chi connectivity index (χ3v) is 5.71. The molecule has 158 valence electrons. The van der Waals surface area contributed by atoms with Crippen molar-refractivity contribution in [3.05, 3.63) is 23.8 Å². The van der Waals surface area contributed by atoms with E-state index < -0.39 is 30.0 Å². The van der Waals surface area contributed by atoms with E-state index in [9.17, 15) is 9.59 Å². The van der Waals surface area contributed by atoms with E-state index in [1.54, 1.807) is 11.9 Å². The van der Waals surface area contributed by atoms with Crippen LogP contribution in [0.4, 0.5) is 10.5 Å². The summed E-state index contributed by atoms with van der Waals surface area (Å²) in [4.78, 5) is 28.3. The zero-order chi connectivity index (χ0) is 21.8. The second-order valence-electron chi connectivity index (χ2n) is 9.77. The van der Waals surface area contributed by atoms with Gasteiger partial charge in [0.2, 0.25) is 5.91 Å². The van der Waals surface area contributed by atoms with Crippen LogP contribution in [0.3, 0.4) is 0 Å². The number of rotatable bonds is 1. The summed E-state index contributed by atoms with van der Waals surface area (Å²) < 4.78 is 17.7. The first kappa shape index (κ1) is 21.6. The number of amides is 2. The predicted octanol–water partition coefficient (Wildman–Crippen LogP) is 2.70. The molecule has 0 radical (unpaired) electrons. The molecular formula is C21H31BN2O5. The van der Waals surface area contributed by atoms with E-state index in [0.29, 0.717) is 6.54 Å². The van der Waals surface area contributed by atoms with Crippen molar-refractivity contribution >= 4 is 30.3 Å². The molecule has 0 bridgehead atoms. The van der Waals surface area contributed by atoms with Gasteiger partial charge in [-0.3, -0.25) is 9.69 Å². The molecule has 3 rings (SSSR count). The molecule has 2 aliphatic rings. The van der Waals surface area contributed by atoms with E-state index in [2.05, 4.69) is 0 Å². The zero-order valence-corrected chi connectivity index (χ0v) is 18.7. The fraction of sp³-hybridized carbons (Fsp3) is 0.619. The fourth-order valence-corrected chi connectivity index (χ4v) is 3.27. The lowest BCUT2D eigenvalue weighted by Gasteiger charge is -2.32. The van der Waals surface area contributed by atoms with Gasteiger partial charge in [-0.25, -0.2) is 4.79 Å². The topological polar surface area (TPSA) is 68.3 Å². The Hall–Kier alpha value is -2.06. The van der Waals surface area contributed by atoms with Crippen LogP contribution in [0.5, 0.6) is 0 Å². The lowest BCUT2D eigenvalue weighted by molar-refractivity contribution is -0.119. The van der Waals surface area contributed by atoms with Crippen LogP contribution in [-0.4, -0.2) is 54.4 Å². The highest BCUT2D eigenvalue weighted by molar-refractivity contribution is 6.62. The van der Waals surface area contributed by atoms with Crippen molar-refractivity contribution in [3.63, 3.8) is 0 Å². The van der Waals surface area contributed by atoms with Gasteiger partial charge in [-0.1, -0.05) is 12.1 Å². The van der Waals surface area contributed by atoms with Gasteiger partial charge in [0.25, 0.3) is 0 Å². The van der Waals surface area contributed by atoms with Gasteiger partial charge < -0.3 is 18.9 Å². The van der Waals surface area contributed by atoms with Crippen LogP contribution in [0.15, 0.2) is 18.2 Å². The normalized spacial score (nSPS) is 21.1. The first-order valence-corrected chi connectivity index (χ1v) is 9.93. The maximum Gasteiger partial charge on any atom is 0.494 e. The van der Waals surface area contributed by atoms with Crippen molar-refractivity contribution in [1.29, 1.82) is 0 Å². The quantitative estimate of drug-likeness (QED) is 0.676. The van der Waals surface area contributed by atoms with Crippen molar-refractivity contribution in [1.82, 2.24) is 4.90 Å². The molecule has 0 spiro atoms. The average Bonchev–Trinajstić information content (AvgIpc) is 2.71. The molecule has 0 aliphatic carbocycles. The predicted molar refractivity (Wildman–Crippen MR) is 112 cm³/mol. The number of carbonyl (C=O) groups is 2. The van der Waals surface area contributed by atoms with Crippen LogP contribution in [-0.2, 0) is 25.4 Å². The fourth-order valence-electron chi connectivity index (χ4n) is 3.27. The van der Waals surface area contributed by atoms with Crippen LogP contribution in [0, 0.1) is 0 Å². The molecule has 0 unspecified atom stereocenters. The first-order valence-electron chi connectivity index (χ1n) is 9.93. The van der Waals surface area contributed by atoms with E-state index in [4.69, 9.17) is 14.0 Å². The molecule has 0 N–H and O–H groups in total. The zero-order valence-electron chi connectivity index (χ0n) is 18.7. The van der Waals surface area contributed by atoms with Crippen molar-refractivity contribution in [2.75, 3.05) is 18.5 Å². The summed E-state index contributed by atoms with van der Waals surface area (Å²) in [5.74, 6) is -0.180. The molecule has 1 fully saturated rings. The highest BCUT2D eigenvalue weighted by Crippen LogP contribution is 2.37. The van der Waals surface area contributed by atoms with Gasteiger partial charge >= 0.3 is 13.2 Å². The average molecular weight is 402 g/mol. The van der Waals surface area contributed by atoms with Crippen LogP contribution in [0.25, 0.3) is 0 Å². The Balaban J connectivity index is 1.89. The molecule has 2 amide bonds. The molecule has 0 saturated carbocycles. The Kier molecular flexibility index (Phi) is 5.24. The van der Waals surface area contributed by atoms with Crippen LogP contribution < -0.4 is 10.4 Å². The SMILES string of the molecule is CN1C(=O)CN(C(=O)OC(C)(C)C)Cc2ccc(B3OC(C)(C)C(C)(C)O3)cc21. The number of nitrogens with zero attached hydrogens (tertiary/aromatic N) is 2. The molecule has 8 heteroatoms. The summed E-state index contributed by atoms with van der Waals surface area (Å²) in [7, 11) is 1.20. The molecule has 1 saturated heterocycles. The van der Waals surface area contributed by atoms with Crippen LogP contribution >= 0.6 is 0 Å². The molecule has 2 heterocycles. The summed E-state index contributed by atoms with van der Waals surface area (Å²) >= 11 is 0. The molecule has 0 aromatic heterocycles. The number of benzene rings is 1. The van der Waals surface area contributed by atoms with E-state index in [0.717, 1.165) is 16.7 Å². The maximum absolute atomic E-state index is 12.7. The Labute approximate surface area is 173 Å². The van der Waals surface area contributed by atoms with Crippen molar-refractivity contribution in [2.45, 2.75) is 71.8 Å². The molecule has 1 aromatic rings. The summed E-state index contributed by atoms with van der Waals surface area (Å²) in [5, 5.41) is 0. The number of carbonyl (C=O) groups excluding carboxylic acids is 2. The van der Waals surface area contributed by atoms with E-state index >= 15 is 0 Å². The summed E-state index contributed by atoms with van der Waals surface area (Å²) in [6.07, 6.45) is -0.498. The number of likely N-dealkylation sites (N-methyl/N-ethyl adjacent to an activating group) is 1. The molecule has 0 atom stereocenters. The minimum Gasteiger partial charge on any atom is -0.444 e. The second kappa shape index (κ2) is 7.02. The molecule has 2 aliphatic heterocycles. The first-order chi connectivity index (χ1) is 13.2. The molecular weight excluding hydrogens is 371 g/mol. The van der Waals surface area contributed by atoms with Crippen LogP contribution in [0.2, 0.25) is 0 Å². The van der Waals surface area contributed by atoms with E-state index in [1.807, 2.05) is 66.7 Å². The maximum atomic E-state index is 12.7. The van der Waals surface area contributed by atoms with E-state index in [1.165, 1.54) is 4.90 Å². The lowest BCUT2D eigenvalue weighted by atomic mass is 9.78. The lowest BCUT2D eigenvalue weighted by Crippen LogP contribution is -2.41. The minimum atomic E-state index is -0.623.